The first kappa shape index (κ1) is 14.3. The number of amides is 1. The van der Waals surface area contributed by atoms with E-state index in [9.17, 15) is 9.90 Å². The Bertz CT molecular complexity index is 377. The topological polar surface area (TPSA) is 67.8 Å². The highest BCUT2D eigenvalue weighted by Gasteiger charge is 2.18. The van der Waals surface area contributed by atoms with E-state index >= 15 is 0 Å². The smallest absolute Gasteiger partial charge is 0.407 e. The summed E-state index contributed by atoms with van der Waals surface area (Å²) >= 11 is 0. The molecule has 1 amide bonds. The van der Waals surface area contributed by atoms with Crippen molar-refractivity contribution >= 4 is 6.09 Å². The summed E-state index contributed by atoms with van der Waals surface area (Å²) in [5, 5.41) is 12.6. The quantitative estimate of drug-likeness (QED) is 0.840. The standard InChI is InChI=1S/C13H19NO4/c1-4-18-13(16)14-9(2)12(15)10-5-7-11(17-3)8-6-10/h5-9,12,15H,4H2,1-3H3,(H,14,16). The summed E-state index contributed by atoms with van der Waals surface area (Å²) < 4.78 is 9.79. The molecule has 0 spiro atoms. The first-order chi connectivity index (χ1) is 8.58. The number of aliphatic hydroxyl groups is 1. The summed E-state index contributed by atoms with van der Waals surface area (Å²) in [6.45, 7) is 3.74. The molecular weight excluding hydrogens is 234 g/mol. The average molecular weight is 253 g/mol. The zero-order valence-electron chi connectivity index (χ0n) is 10.8. The van der Waals surface area contributed by atoms with Gasteiger partial charge in [0, 0.05) is 0 Å². The molecule has 18 heavy (non-hydrogen) atoms. The Kier molecular flexibility index (Phi) is 5.45. The van der Waals surface area contributed by atoms with E-state index in [0.29, 0.717) is 12.2 Å². The van der Waals surface area contributed by atoms with Crippen LogP contribution in [0.1, 0.15) is 25.5 Å². The van der Waals surface area contributed by atoms with Gasteiger partial charge in [-0.25, -0.2) is 4.79 Å². The van der Waals surface area contributed by atoms with Gasteiger partial charge in [-0.1, -0.05) is 12.1 Å². The van der Waals surface area contributed by atoms with Gasteiger partial charge in [0.2, 0.25) is 0 Å². The highest BCUT2D eigenvalue weighted by atomic mass is 16.5. The van der Waals surface area contributed by atoms with E-state index in [4.69, 9.17) is 9.47 Å². The van der Waals surface area contributed by atoms with Crippen molar-refractivity contribution < 1.29 is 19.4 Å². The predicted octanol–water partition coefficient (Wildman–Crippen LogP) is 1.86. The van der Waals surface area contributed by atoms with Gasteiger partial charge in [0.15, 0.2) is 0 Å². The summed E-state index contributed by atoms with van der Waals surface area (Å²) in [6, 6.07) is 6.60. The second-order valence-corrected chi connectivity index (χ2v) is 3.87. The van der Waals surface area contributed by atoms with Crippen molar-refractivity contribution in [1.29, 1.82) is 0 Å². The van der Waals surface area contributed by atoms with Crippen molar-refractivity contribution in [3.63, 3.8) is 0 Å². The SMILES string of the molecule is CCOC(=O)NC(C)C(O)c1ccc(OC)cc1. The molecule has 2 atom stereocenters. The fourth-order valence-electron chi connectivity index (χ4n) is 1.53. The molecule has 0 saturated carbocycles. The number of ether oxygens (including phenoxy) is 2. The van der Waals surface area contributed by atoms with Crippen LogP contribution in [0.25, 0.3) is 0 Å². The Hall–Kier alpha value is -1.75. The van der Waals surface area contributed by atoms with Gasteiger partial charge in [0.1, 0.15) is 5.75 Å². The van der Waals surface area contributed by atoms with Gasteiger partial charge in [0.25, 0.3) is 0 Å². The lowest BCUT2D eigenvalue weighted by atomic mass is 10.0. The van der Waals surface area contributed by atoms with Gasteiger partial charge in [0.05, 0.1) is 25.9 Å². The Balaban J connectivity index is 2.61. The first-order valence-corrected chi connectivity index (χ1v) is 5.83. The maximum Gasteiger partial charge on any atom is 0.407 e. The fourth-order valence-corrected chi connectivity index (χ4v) is 1.53. The number of methoxy groups -OCH3 is 1. The maximum atomic E-state index is 11.2. The Morgan fingerprint density at radius 3 is 2.50 bits per heavy atom. The highest BCUT2D eigenvalue weighted by molar-refractivity contribution is 5.67. The Morgan fingerprint density at radius 2 is 2.00 bits per heavy atom. The van der Waals surface area contributed by atoms with E-state index in [1.54, 1.807) is 45.2 Å². The van der Waals surface area contributed by atoms with Gasteiger partial charge in [-0.05, 0) is 31.5 Å². The number of aliphatic hydroxyl groups excluding tert-OH is 1. The van der Waals surface area contributed by atoms with Crippen LogP contribution in [-0.2, 0) is 4.74 Å². The molecule has 0 saturated heterocycles. The fraction of sp³-hybridized carbons (Fsp3) is 0.462. The van der Waals surface area contributed by atoms with Gasteiger partial charge in [-0.2, -0.15) is 0 Å². The third-order valence-electron chi connectivity index (χ3n) is 2.55. The van der Waals surface area contributed by atoms with Crippen molar-refractivity contribution in [2.24, 2.45) is 0 Å². The van der Waals surface area contributed by atoms with E-state index in [-0.39, 0.29) is 0 Å². The van der Waals surface area contributed by atoms with Gasteiger partial charge in [-0.15, -0.1) is 0 Å². The summed E-state index contributed by atoms with van der Waals surface area (Å²) in [7, 11) is 1.58. The molecule has 5 nitrogen and oxygen atoms in total. The Labute approximate surface area is 107 Å². The second kappa shape index (κ2) is 6.86. The normalized spacial score (nSPS) is 13.6. The minimum absolute atomic E-state index is 0.303. The van der Waals surface area contributed by atoms with Gasteiger partial charge in [-0.3, -0.25) is 0 Å². The zero-order chi connectivity index (χ0) is 13.5. The van der Waals surface area contributed by atoms with Crippen LogP contribution in [0.2, 0.25) is 0 Å². The second-order valence-electron chi connectivity index (χ2n) is 3.87. The number of carbonyl (C=O) groups excluding carboxylic acids is 1. The van der Waals surface area contributed by atoms with Crippen molar-refractivity contribution in [2.75, 3.05) is 13.7 Å². The zero-order valence-corrected chi connectivity index (χ0v) is 10.8. The lowest BCUT2D eigenvalue weighted by Crippen LogP contribution is -2.37. The molecule has 0 bridgehead atoms. The average Bonchev–Trinajstić information content (AvgIpc) is 2.38. The summed E-state index contributed by atoms with van der Waals surface area (Å²) in [5.74, 6) is 0.719. The van der Waals surface area contributed by atoms with E-state index in [1.165, 1.54) is 0 Å². The molecule has 0 heterocycles. The molecule has 0 aliphatic rings. The van der Waals surface area contributed by atoms with Crippen LogP contribution in [0.3, 0.4) is 0 Å². The molecule has 0 aliphatic carbocycles. The van der Waals surface area contributed by atoms with Crippen LogP contribution in [0.5, 0.6) is 5.75 Å². The predicted molar refractivity (Wildman–Crippen MR) is 67.6 cm³/mol. The molecule has 0 aromatic heterocycles. The summed E-state index contributed by atoms with van der Waals surface area (Å²) in [6.07, 6.45) is -1.32. The number of alkyl carbamates (subject to hydrolysis) is 1. The lowest BCUT2D eigenvalue weighted by molar-refractivity contribution is 0.113. The molecule has 1 aromatic rings. The first-order valence-electron chi connectivity index (χ1n) is 5.83. The maximum absolute atomic E-state index is 11.2. The number of hydrogen-bond donors (Lipinski definition) is 2. The lowest BCUT2D eigenvalue weighted by Gasteiger charge is -2.20. The van der Waals surface area contributed by atoms with Crippen LogP contribution in [0.4, 0.5) is 4.79 Å². The van der Waals surface area contributed by atoms with Gasteiger partial charge >= 0.3 is 6.09 Å². The molecule has 0 aliphatic heterocycles. The van der Waals surface area contributed by atoms with Crippen molar-refractivity contribution in [3.8, 4) is 5.75 Å². The highest BCUT2D eigenvalue weighted by Crippen LogP contribution is 2.20. The van der Waals surface area contributed by atoms with Crippen molar-refractivity contribution in [1.82, 2.24) is 5.32 Å². The number of hydrogen-bond acceptors (Lipinski definition) is 4. The number of carbonyl (C=O) groups is 1. The molecule has 0 fully saturated rings. The summed E-state index contributed by atoms with van der Waals surface area (Å²) in [5.41, 5.74) is 0.708. The van der Waals surface area contributed by atoms with Crippen LogP contribution in [-0.4, -0.2) is 31.0 Å². The molecule has 2 unspecified atom stereocenters. The van der Waals surface area contributed by atoms with E-state index in [1.807, 2.05) is 0 Å². The molecule has 2 N–H and O–H groups in total. The van der Waals surface area contributed by atoms with Crippen LogP contribution in [0.15, 0.2) is 24.3 Å². The molecule has 5 heteroatoms. The molecule has 1 aromatic carbocycles. The summed E-state index contributed by atoms with van der Waals surface area (Å²) in [4.78, 5) is 11.2. The number of nitrogens with one attached hydrogen (secondary N) is 1. The van der Waals surface area contributed by atoms with Crippen LogP contribution >= 0.6 is 0 Å². The largest absolute Gasteiger partial charge is 0.497 e. The molecule has 0 radical (unpaired) electrons. The minimum Gasteiger partial charge on any atom is -0.497 e. The van der Waals surface area contributed by atoms with E-state index in [2.05, 4.69) is 5.32 Å². The van der Waals surface area contributed by atoms with Crippen molar-refractivity contribution in [2.45, 2.75) is 26.0 Å². The molecule has 100 valence electrons. The van der Waals surface area contributed by atoms with Crippen molar-refractivity contribution in [3.05, 3.63) is 29.8 Å². The minimum atomic E-state index is -0.791. The van der Waals surface area contributed by atoms with Gasteiger partial charge < -0.3 is 19.9 Å². The molecule has 1 rings (SSSR count). The third-order valence-corrected chi connectivity index (χ3v) is 2.55. The number of benzene rings is 1. The van der Waals surface area contributed by atoms with Crippen LogP contribution < -0.4 is 10.1 Å². The Morgan fingerprint density at radius 1 is 1.39 bits per heavy atom. The number of rotatable bonds is 5. The monoisotopic (exact) mass is 253 g/mol. The van der Waals surface area contributed by atoms with E-state index < -0.39 is 18.2 Å². The van der Waals surface area contributed by atoms with E-state index in [0.717, 1.165) is 5.75 Å². The third kappa shape index (κ3) is 3.92. The van der Waals surface area contributed by atoms with Crippen LogP contribution in [0, 0.1) is 0 Å². The molecular formula is C13H19NO4.